The fraction of sp³-hybridized carbons (Fsp3) is 0.278. The van der Waals surface area contributed by atoms with Crippen molar-refractivity contribution in [2.45, 2.75) is 25.7 Å². The summed E-state index contributed by atoms with van der Waals surface area (Å²) in [4.78, 5) is 37.7. The molecule has 1 aliphatic carbocycles. The van der Waals surface area contributed by atoms with E-state index in [2.05, 4.69) is 10.3 Å². The number of carboxylic acids is 1. The van der Waals surface area contributed by atoms with Gasteiger partial charge in [-0.2, -0.15) is 0 Å². The number of carbonyl (C=O) groups excluding carboxylic acids is 1. The molecule has 0 aliphatic heterocycles. The largest absolute Gasteiger partial charge is 0.482 e. The highest BCUT2D eigenvalue weighted by atomic mass is 16.5. The number of nitrogens with one attached hydrogen (secondary N) is 2. The number of carbonyl (C=O) groups is 2. The number of amides is 1. The molecule has 1 aromatic heterocycles. The lowest BCUT2D eigenvalue weighted by molar-refractivity contribution is -0.139. The van der Waals surface area contributed by atoms with Crippen LogP contribution in [-0.2, 0) is 17.6 Å². The first-order valence-electron chi connectivity index (χ1n) is 8.04. The number of hydrogen-bond acceptors (Lipinski definition) is 4. The number of aliphatic carboxylic acids is 1. The van der Waals surface area contributed by atoms with Gasteiger partial charge in [0, 0.05) is 11.3 Å². The van der Waals surface area contributed by atoms with Crippen molar-refractivity contribution in [1.82, 2.24) is 4.98 Å². The number of aromatic nitrogens is 1. The highest BCUT2D eigenvalue weighted by molar-refractivity contribution is 6.04. The van der Waals surface area contributed by atoms with Gasteiger partial charge < -0.3 is 20.1 Å². The summed E-state index contributed by atoms with van der Waals surface area (Å²) >= 11 is 0. The van der Waals surface area contributed by atoms with Gasteiger partial charge in [-0.25, -0.2) is 4.79 Å². The fourth-order valence-electron chi connectivity index (χ4n) is 2.81. The van der Waals surface area contributed by atoms with E-state index in [1.165, 1.54) is 24.3 Å². The number of anilines is 1. The van der Waals surface area contributed by atoms with Gasteiger partial charge in [0.1, 0.15) is 11.4 Å². The number of H-pyrrole nitrogens is 1. The smallest absolute Gasteiger partial charge is 0.341 e. The molecule has 7 heteroatoms. The van der Waals surface area contributed by atoms with Gasteiger partial charge in [-0.15, -0.1) is 0 Å². The predicted octanol–water partition coefficient (Wildman–Crippen LogP) is 1.97. The monoisotopic (exact) mass is 342 g/mol. The predicted molar refractivity (Wildman–Crippen MR) is 91.2 cm³/mol. The van der Waals surface area contributed by atoms with Crippen molar-refractivity contribution in [2.24, 2.45) is 0 Å². The zero-order valence-electron chi connectivity index (χ0n) is 13.5. The van der Waals surface area contributed by atoms with Crippen molar-refractivity contribution in [3.63, 3.8) is 0 Å². The molecule has 0 fully saturated rings. The molecule has 1 aliphatic rings. The van der Waals surface area contributed by atoms with Crippen molar-refractivity contribution in [2.75, 3.05) is 11.9 Å². The fourth-order valence-corrected chi connectivity index (χ4v) is 2.81. The van der Waals surface area contributed by atoms with Crippen LogP contribution in [0.5, 0.6) is 5.75 Å². The molecule has 1 amide bonds. The summed E-state index contributed by atoms with van der Waals surface area (Å²) in [5.74, 6) is -1.13. The minimum absolute atomic E-state index is 0.233. The molecule has 0 radical (unpaired) electrons. The number of aryl methyl sites for hydroxylation is 2. The third-order valence-corrected chi connectivity index (χ3v) is 4.07. The number of ether oxygens (including phenoxy) is 1. The van der Waals surface area contributed by atoms with Crippen molar-refractivity contribution < 1.29 is 19.4 Å². The summed E-state index contributed by atoms with van der Waals surface area (Å²) in [6.45, 7) is -0.448. The van der Waals surface area contributed by atoms with Crippen LogP contribution < -0.4 is 15.6 Å². The summed E-state index contributed by atoms with van der Waals surface area (Å²) in [5, 5.41) is 11.2. The van der Waals surface area contributed by atoms with E-state index in [9.17, 15) is 14.4 Å². The Labute approximate surface area is 143 Å². The first-order chi connectivity index (χ1) is 12.0. The van der Waals surface area contributed by atoms with E-state index < -0.39 is 18.5 Å². The van der Waals surface area contributed by atoms with Crippen molar-refractivity contribution >= 4 is 17.6 Å². The summed E-state index contributed by atoms with van der Waals surface area (Å²) in [5.41, 5.74) is 2.29. The number of fused-ring (bicyclic) bond motifs is 1. The van der Waals surface area contributed by atoms with E-state index in [0.29, 0.717) is 11.3 Å². The van der Waals surface area contributed by atoms with Crippen molar-refractivity contribution in [1.29, 1.82) is 0 Å². The normalized spacial score (nSPS) is 13.0. The van der Waals surface area contributed by atoms with Gasteiger partial charge in [-0.05, 0) is 61.6 Å². The molecule has 0 saturated carbocycles. The van der Waals surface area contributed by atoms with Crippen LogP contribution in [0.2, 0.25) is 0 Å². The molecular formula is C18H18N2O5. The molecule has 0 bridgehead atoms. The lowest BCUT2D eigenvalue weighted by atomic mass is 9.96. The standard InChI is InChI=1S/C18H18N2O5/c21-16(22)10-25-13-7-5-11(6-8-13)17(23)20-15-9-12-3-1-2-4-14(12)19-18(15)24/h5-9H,1-4,10H2,(H,19,24)(H,20,23)(H,21,22). The Morgan fingerprint density at radius 3 is 2.60 bits per heavy atom. The minimum atomic E-state index is -1.08. The molecule has 0 spiro atoms. The van der Waals surface area contributed by atoms with Gasteiger partial charge in [0.25, 0.3) is 11.5 Å². The molecule has 25 heavy (non-hydrogen) atoms. The van der Waals surface area contributed by atoms with E-state index in [0.717, 1.165) is 36.9 Å². The van der Waals surface area contributed by atoms with E-state index in [-0.39, 0.29) is 11.2 Å². The maximum Gasteiger partial charge on any atom is 0.341 e. The second-order valence-electron chi connectivity index (χ2n) is 5.88. The van der Waals surface area contributed by atoms with Gasteiger partial charge >= 0.3 is 5.97 Å². The van der Waals surface area contributed by atoms with Crippen LogP contribution in [0, 0.1) is 0 Å². The van der Waals surface area contributed by atoms with Gasteiger partial charge in [0.15, 0.2) is 6.61 Å². The maximum atomic E-state index is 12.3. The van der Waals surface area contributed by atoms with Gasteiger partial charge in [0.05, 0.1) is 0 Å². The number of hydrogen-bond donors (Lipinski definition) is 3. The second-order valence-corrected chi connectivity index (χ2v) is 5.88. The van der Waals surface area contributed by atoms with Crippen LogP contribution in [-0.4, -0.2) is 28.6 Å². The van der Waals surface area contributed by atoms with Crippen LogP contribution in [0.4, 0.5) is 5.69 Å². The average Bonchev–Trinajstić information content (AvgIpc) is 2.61. The number of aromatic amines is 1. The lowest BCUT2D eigenvalue weighted by Gasteiger charge is -2.16. The van der Waals surface area contributed by atoms with Crippen LogP contribution in [0.25, 0.3) is 0 Å². The Kier molecular flexibility index (Phi) is 4.83. The van der Waals surface area contributed by atoms with Crippen LogP contribution >= 0.6 is 0 Å². The molecule has 3 rings (SSSR count). The zero-order chi connectivity index (χ0) is 17.8. The molecule has 1 heterocycles. The zero-order valence-corrected chi connectivity index (χ0v) is 13.5. The Morgan fingerprint density at radius 1 is 1.16 bits per heavy atom. The van der Waals surface area contributed by atoms with Crippen molar-refractivity contribution in [3.8, 4) is 5.75 Å². The molecule has 2 aromatic rings. The molecule has 3 N–H and O–H groups in total. The van der Waals surface area contributed by atoms with Crippen LogP contribution in [0.1, 0.15) is 34.5 Å². The van der Waals surface area contributed by atoms with Gasteiger partial charge in [0.2, 0.25) is 0 Å². The molecule has 130 valence electrons. The minimum Gasteiger partial charge on any atom is -0.482 e. The third-order valence-electron chi connectivity index (χ3n) is 4.07. The van der Waals surface area contributed by atoms with E-state index >= 15 is 0 Å². The second kappa shape index (κ2) is 7.21. The number of benzene rings is 1. The quantitative estimate of drug-likeness (QED) is 0.770. The SMILES string of the molecule is O=C(O)COc1ccc(C(=O)Nc2cc3c([nH]c2=O)CCCC3)cc1. The summed E-state index contributed by atoms with van der Waals surface area (Å²) in [7, 11) is 0. The molecule has 0 atom stereocenters. The maximum absolute atomic E-state index is 12.3. The topological polar surface area (TPSA) is 108 Å². The lowest BCUT2D eigenvalue weighted by Crippen LogP contribution is -2.22. The average molecular weight is 342 g/mol. The Bertz CT molecular complexity index is 855. The molecular weight excluding hydrogens is 324 g/mol. The van der Waals surface area contributed by atoms with Crippen molar-refractivity contribution in [3.05, 3.63) is 57.5 Å². The first-order valence-corrected chi connectivity index (χ1v) is 8.04. The molecule has 1 aromatic carbocycles. The Morgan fingerprint density at radius 2 is 1.88 bits per heavy atom. The Hall–Kier alpha value is -3.09. The summed E-state index contributed by atoms with van der Waals surface area (Å²) in [6, 6.07) is 7.79. The summed E-state index contributed by atoms with van der Waals surface area (Å²) in [6.07, 6.45) is 3.89. The molecule has 0 saturated heterocycles. The first kappa shape index (κ1) is 16.8. The van der Waals surface area contributed by atoms with E-state index in [1.807, 2.05) is 0 Å². The van der Waals surface area contributed by atoms with E-state index in [4.69, 9.17) is 9.84 Å². The number of rotatable bonds is 5. The number of carboxylic acid groups (broad SMARTS) is 1. The van der Waals surface area contributed by atoms with Gasteiger partial charge in [-0.1, -0.05) is 0 Å². The summed E-state index contributed by atoms with van der Waals surface area (Å²) < 4.78 is 5.02. The van der Waals surface area contributed by atoms with Crippen LogP contribution in [0.15, 0.2) is 35.1 Å². The third kappa shape index (κ3) is 4.06. The highest BCUT2D eigenvalue weighted by Gasteiger charge is 2.15. The highest BCUT2D eigenvalue weighted by Crippen LogP contribution is 2.20. The van der Waals surface area contributed by atoms with Gasteiger partial charge in [-0.3, -0.25) is 9.59 Å². The van der Waals surface area contributed by atoms with Crippen LogP contribution in [0.3, 0.4) is 0 Å². The Balaban J connectivity index is 1.72. The van der Waals surface area contributed by atoms with E-state index in [1.54, 1.807) is 6.07 Å². The number of pyridine rings is 1. The molecule has 7 nitrogen and oxygen atoms in total. The molecule has 0 unspecified atom stereocenters.